The van der Waals surface area contributed by atoms with Gasteiger partial charge in [-0.05, 0) is 90.9 Å². The van der Waals surface area contributed by atoms with Crippen LogP contribution in [0.15, 0.2) is 12.2 Å². The molecule has 0 aromatic rings. The molecule has 0 spiro atoms. The molecule has 188 valence electrons. The number of hydrogen-bond donors (Lipinski definition) is 2. The Kier molecular flexibility index (Phi) is 4.48. The summed E-state index contributed by atoms with van der Waals surface area (Å²) >= 11 is 0. The van der Waals surface area contributed by atoms with E-state index in [0.29, 0.717) is 25.2 Å². The van der Waals surface area contributed by atoms with Crippen LogP contribution in [0.2, 0.25) is 0 Å². The second-order valence-electron chi connectivity index (χ2n) is 14.2. The molecule has 5 aliphatic carbocycles. The molecule has 6 aliphatic rings. The maximum atomic E-state index is 13.9. The van der Waals surface area contributed by atoms with Crippen molar-refractivity contribution in [3.05, 3.63) is 12.2 Å². The number of rotatable bonds is 0. The minimum absolute atomic E-state index is 0.00517. The van der Waals surface area contributed by atoms with E-state index in [9.17, 15) is 19.8 Å². The van der Waals surface area contributed by atoms with Gasteiger partial charge in [0.05, 0.1) is 11.5 Å². The van der Waals surface area contributed by atoms with Crippen LogP contribution < -0.4 is 0 Å². The van der Waals surface area contributed by atoms with E-state index in [-0.39, 0.29) is 57.3 Å². The number of Topliss-reactive ketones (excluding diaryl/α,β-unsaturated/α-hetero) is 1. The summed E-state index contributed by atoms with van der Waals surface area (Å²) in [6.07, 6.45) is 4.86. The zero-order chi connectivity index (χ0) is 24.6. The molecular weight excluding hydrogens is 428 g/mol. The fourth-order valence-corrected chi connectivity index (χ4v) is 11.3. The van der Waals surface area contributed by atoms with Crippen LogP contribution in [0.1, 0.15) is 86.0 Å². The Labute approximate surface area is 203 Å². The number of carbonyl (C=O) groups is 2. The quantitative estimate of drug-likeness (QED) is 0.404. The Morgan fingerprint density at radius 2 is 1.62 bits per heavy atom. The van der Waals surface area contributed by atoms with Crippen molar-refractivity contribution in [2.75, 3.05) is 0 Å². The molecule has 5 heteroatoms. The Morgan fingerprint density at radius 3 is 2.32 bits per heavy atom. The Hall–Kier alpha value is -1.20. The van der Waals surface area contributed by atoms with Crippen molar-refractivity contribution in [3.8, 4) is 0 Å². The van der Waals surface area contributed by atoms with Gasteiger partial charge in [-0.3, -0.25) is 9.59 Å². The van der Waals surface area contributed by atoms with Gasteiger partial charge >= 0.3 is 5.97 Å². The highest BCUT2D eigenvalue weighted by Crippen LogP contribution is 2.80. The summed E-state index contributed by atoms with van der Waals surface area (Å²) < 4.78 is 6.31. The van der Waals surface area contributed by atoms with Gasteiger partial charge in [-0.2, -0.15) is 0 Å². The number of hydrogen-bond acceptors (Lipinski definition) is 5. The van der Waals surface area contributed by atoms with Crippen molar-refractivity contribution in [1.29, 1.82) is 0 Å². The third-order valence-corrected chi connectivity index (χ3v) is 13.3. The molecule has 5 saturated carbocycles. The minimum atomic E-state index is -0.875. The third kappa shape index (κ3) is 2.31. The molecule has 6 fully saturated rings. The van der Waals surface area contributed by atoms with Gasteiger partial charge in [0, 0.05) is 11.3 Å². The molecule has 0 aromatic carbocycles. The second kappa shape index (κ2) is 6.56. The Morgan fingerprint density at radius 1 is 0.912 bits per heavy atom. The van der Waals surface area contributed by atoms with E-state index in [2.05, 4.69) is 34.3 Å². The van der Waals surface area contributed by atoms with Crippen molar-refractivity contribution in [3.63, 3.8) is 0 Å². The van der Waals surface area contributed by atoms with E-state index in [1.807, 2.05) is 6.92 Å². The van der Waals surface area contributed by atoms with Crippen LogP contribution in [0.25, 0.3) is 0 Å². The fraction of sp³-hybridized carbons (Fsp3) is 0.862. The second-order valence-corrected chi connectivity index (χ2v) is 14.2. The molecule has 1 heterocycles. The average molecular weight is 471 g/mol. The number of ketones is 1. The topological polar surface area (TPSA) is 83.8 Å². The summed E-state index contributed by atoms with van der Waals surface area (Å²) in [5.41, 5.74) is -0.244. The number of carbonyl (C=O) groups excluding carboxylic acids is 2. The van der Waals surface area contributed by atoms with E-state index >= 15 is 0 Å². The maximum absolute atomic E-state index is 13.9. The zero-order valence-electron chi connectivity index (χ0n) is 21.5. The van der Waals surface area contributed by atoms with Crippen LogP contribution in [0, 0.1) is 50.7 Å². The van der Waals surface area contributed by atoms with Crippen LogP contribution in [0.4, 0.5) is 0 Å². The fourth-order valence-electron chi connectivity index (χ4n) is 11.3. The maximum Gasteiger partial charge on any atom is 0.313 e. The van der Waals surface area contributed by atoms with Crippen molar-refractivity contribution in [1.82, 2.24) is 0 Å². The van der Waals surface area contributed by atoms with E-state index in [1.54, 1.807) is 0 Å². The zero-order valence-corrected chi connectivity index (χ0v) is 21.5. The average Bonchev–Trinajstić information content (AvgIpc) is 2.91. The lowest BCUT2D eigenvalue weighted by Gasteiger charge is -2.72. The van der Waals surface area contributed by atoms with Crippen molar-refractivity contribution in [2.24, 2.45) is 50.7 Å². The Balaban J connectivity index is 1.47. The smallest absolute Gasteiger partial charge is 0.313 e. The predicted octanol–water partition coefficient (Wildman–Crippen LogP) is 4.44. The summed E-state index contributed by atoms with van der Waals surface area (Å²) in [6, 6.07) is 0. The number of esters is 1. The van der Waals surface area contributed by atoms with Crippen LogP contribution in [-0.2, 0) is 14.3 Å². The van der Waals surface area contributed by atoms with Crippen molar-refractivity contribution < 1.29 is 24.5 Å². The first-order chi connectivity index (χ1) is 15.8. The largest absolute Gasteiger partial charge is 0.461 e. The van der Waals surface area contributed by atoms with Gasteiger partial charge in [0.25, 0.3) is 0 Å². The molecule has 0 aromatic heterocycles. The first-order valence-electron chi connectivity index (χ1n) is 13.5. The molecule has 0 radical (unpaired) electrons. The van der Waals surface area contributed by atoms with Gasteiger partial charge in [0.15, 0.2) is 5.78 Å². The lowest BCUT2D eigenvalue weighted by Crippen LogP contribution is -2.71. The van der Waals surface area contributed by atoms with E-state index in [0.717, 1.165) is 37.7 Å². The van der Waals surface area contributed by atoms with Gasteiger partial charge in [-0.15, -0.1) is 0 Å². The molecule has 1 saturated heterocycles. The Bertz CT molecular complexity index is 989. The van der Waals surface area contributed by atoms with Crippen LogP contribution in [-0.4, -0.2) is 40.3 Å². The lowest BCUT2D eigenvalue weighted by atomic mass is 9.30. The number of aliphatic hydroxyl groups is 2. The van der Waals surface area contributed by atoms with Crippen molar-refractivity contribution >= 4 is 11.8 Å². The molecule has 0 amide bonds. The number of ether oxygens (including phenoxy) is 1. The van der Waals surface area contributed by atoms with Gasteiger partial charge in [0.2, 0.25) is 0 Å². The predicted molar refractivity (Wildman–Crippen MR) is 127 cm³/mol. The first kappa shape index (κ1) is 23.2. The molecule has 2 N–H and O–H groups in total. The summed E-state index contributed by atoms with van der Waals surface area (Å²) in [5, 5.41) is 21.4. The normalized spacial score (nSPS) is 60.6. The first-order valence-corrected chi connectivity index (χ1v) is 13.5. The van der Waals surface area contributed by atoms with Gasteiger partial charge in [-0.1, -0.05) is 41.2 Å². The van der Waals surface area contributed by atoms with E-state index in [1.165, 1.54) is 0 Å². The van der Waals surface area contributed by atoms with Gasteiger partial charge in [-0.25, -0.2) is 0 Å². The van der Waals surface area contributed by atoms with Crippen LogP contribution >= 0.6 is 0 Å². The molecule has 2 unspecified atom stereocenters. The van der Waals surface area contributed by atoms with Crippen molar-refractivity contribution in [2.45, 2.75) is 104 Å². The lowest BCUT2D eigenvalue weighted by molar-refractivity contribution is -0.248. The molecule has 5 nitrogen and oxygen atoms in total. The summed E-state index contributed by atoms with van der Waals surface area (Å²) in [7, 11) is 0. The van der Waals surface area contributed by atoms with Crippen LogP contribution in [0.3, 0.4) is 0 Å². The van der Waals surface area contributed by atoms with Gasteiger partial charge < -0.3 is 14.9 Å². The SMILES string of the molecule is C=C1C[C@@H]2[C@@](C)(C[C@@H]3OC(=O)[C@]24CC[C@@]2(C)C5C[C@H](O)C(=O)[C@H](C)[C@@]5(C)CCC2[C@@]34C)C[C@@H]1O. The number of aliphatic hydroxyl groups excluding tert-OH is 2. The standard InChI is InChI=1S/C29H42O5/c1-15-11-20-25(3,13-18(15)31)14-22-28(6)19-7-8-26(4)16(2)23(32)17(30)12-21(26)27(19,5)9-10-29(20,28)24(33)34-22/h16-22,30-31H,1,7-14H2,2-6H3/t16-,17-,18-,19?,20+,21?,22-,25+,26+,27+,28-,29-/m0/s1. The molecule has 6 rings (SSSR count). The number of fused-ring (bicyclic) bond motifs is 4. The third-order valence-electron chi connectivity index (χ3n) is 13.3. The highest BCUT2D eigenvalue weighted by Gasteiger charge is 2.81. The van der Waals surface area contributed by atoms with Crippen LogP contribution in [0.5, 0.6) is 0 Å². The van der Waals surface area contributed by atoms with E-state index in [4.69, 9.17) is 4.74 Å². The van der Waals surface area contributed by atoms with E-state index < -0.39 is 17.6 Å². The molecule has 34 heavy (non-hydrogen) atoms. The molecular formula is C29H42O5. The summed E-state index contributed by atoms with van der Waals surface area (Å²) in [4.78, 5) is 26.7. The molecule has 12 atom stereocenters. The van der Waals surface area contributed by atoms with Gasteiger partial charge in [0.1, 0.15) is 12.2 Å². The summed E-state index contributed by atoms with van der Waals surface area (Å²) in [5.74, 6) is 0.547. The molecule has 1 aliphatic heterocycles. The summed E-state index contributed by atoms with van der Waals surface area (Å²) in [6.45, 7) is 15.5. The monoisotopic (exact) mass is 470 g/mol. The minimum Gasteiger partial charge on any atom is -0.461 e. The highest BCUT2D eigenvalue weighted by atomic mass is 16.6. The highest BCUT2D eigenvalue weighted by molar-refractivity contribution is 5.87. The molecule has 2 bridgehead atoms.